The minimum absolute atomic E-state index is 0. The molecule has 0 aliphatic rings. The molecule has 0 atom stereocenters. The van der Waals surface area contributed by atoms with Gasteiger partial charge in [0.05, 0.1) is 0 Å². The van der Waals surface area contributed by atoms with E-state index in [2.05, 4.69) is 22.1 Å². The normalized spacial score (nSPS) is 9.45. The largest absolute Gasteiger partial charge is 1.00 e. The van der Waals surface area contributed by atoms with E-state index in [0.717, 1.165) is 16.5 Å². The van der Waals surface area contributed by atoms with Gasteiger partial charge in [0.25, 0.3) is 0 Å². The Kier molecular flexibility index (Phi) is 3.09. The molecule has 2 aromatic heterocycles. The molecule has 0 aliphatic carbocycles. The Morgan fingerprint density at radius 1 is 1.27 bits per heavy atom. The van der Waals surface area contributed by atoms with Crippen molar-refractivity contribution in [2.45, 2.75) is 0 Å². The molecule has 11 heavy (non-hydrogen) atoms. The van der Waals surface area contributed by atoms with E-state index in [0.29, 0.717) is 0 Å². The van der Waals surface area contributed by atoms with Crippen LogP contribution in [0.15, 0.2) is 18.6 Å². The quantitative estimate of drug-likeness (QED) is 0.373. The summed E-state index contributed by atoms with van der Waals surface area (Å²) in [6.07, 6.45) is 5.20. The molecule has 4 heteroatoms. The second kappa shape index (κ2) is 3.69. The van der Waals surface area contributed by atoms with Gasteiger partial charge in [-0.05, 0) is 10.9 Å². The fourth-order valence-corrected chi connectivity index (χ4v) is 0.923. The molecule has 0 unspecified atom stereocenters. The number of pyridine rings is 1. The summed E-state index contributed by atoms with van der Waals surface area (Å²) in [4.78, 5) is 3.96. The molecule has 2 heterocycles. The van der Waals surface area contributed by atoms with Gasteiger partial charge in [-0.3, -0.25) is 0 Å². The van der Waals surface area contributed by atoms with Crippen LogP contribution in [0.3, 0.4) is 0 Å². The maximum absolute atomic E-state index is 3.96. The molecule has 0 aliphatic heterocycles. The molecule has 1 N–H and O–H groups in total. The number of hydrogen-bond acceptors (Lipinski definition) is 2. The summed E-state index contributed by atoms with van der Waals surface area (Å²) >= 11 is 0. The average molecular weight is 171 g/mol. The van der Waals surface area contributed by atoms with Crippen molar-refractivity contribution in [3.8, 4) is 0 Å². The summed E-state index contributed by atoms with van der Waals surface area (Å²) < 4.78 is 0. The van der Waals surface area contributed by atoms with Crippen LogP contribution in [0.2, 0.25) is 0 Å². The summed E-state index contributed by atoms with van der Waals surface area (Å²) in [6, 6.07) is 0. The molecule has 0 bridgehead atoms. The predicted octanol–water partition coefficient (Wildman–Crippen LogP) is -1.86. The maximum Gasteiger partial charge on any atom is 1.00 e. The first-order chi connectivity index (χ1) is 4.88. The zero-order chi connectivity index (χ0) is 6.97. The number of nitrogens with one attached hydrogen (secondary N) is 1. The van der Waals surface area contributed by atoms with E-state index in [1.54, 1.807) is 18.6 Å². The van der Waals surface area contributed by atoms with E-state index in [9.17, 15) is 0 Å². The van der Waals surface area contributed by atoms with Gasteiger partial charge >= 0.3 is 51.4 Å². The summed E-state index contributed by atoms with van der Waals surface area (Å²) in [7, 11) is 0. The Morgan fingerprint density at radius 3 is 2.82 bits per heavy atom. The smallest absolute Gasteiger partial charge is 0.331 e. The Morgan fingerprint density at radius 2 is 2.09 bits per heavy atom. The van der Waals surface area contributed by atoms with Crippen molar-refractivity contribution in [3.63, 3.8) is 0 Å². The Balaban J connectivity index is 0.000000605. The van der Waals surface area contributed by atoms with Crippen molar-refractivity contribution < 1.29 is 51.4 Å². The minimum atomic E-state index is 0. The number of fused-ring (bicyclic) bond motifs is 1. The number of rotatable bonds is 0. The minimum Gasteiger partial charge on any atom is -0.331 e. The number of hydrogen-bond donors (Lipinski definition) is 1. The molecule has 0 amide bonds. The van der Waals surface area contributed by atoms with Gasteiger partial charge in [-0.25, -0.2) is 0 Å². The van der Waals surface area contributed by atoms with Crippen LogP contribution in [0.1, 0.15) is 5.56 Å². The van der Waals surface area contributed by atoms with Gasteiger partial charge in [-0.15, -0.1) is 0 Å². The molecule has 0 saturated carbocycles. The van der Waals surface area contributed by atoms with E-state index in [4.69, 9.17) is 0 Å². The molecule has 2 rings (SSSR count). The molecule has 0 spiro atoms. The molecule has 0 fully saturated rings. The van der Waals surface area contributed by atoms with Gasteiger partial charge in [0.15, 0.2) is 0 Å². The number of aromatic nitrogens is 3. The Bertz CT molecular complexity index is 355. The van der Waals surface area contributed by atoms with Gasteiger partial charge in [0, 0.05) is 12.4 Å². The van der Waals surface area contributed by atoms with E-state index >= 15 is 0 Å². The third-order valence-corrected chi connectivity index (χ3v) is 1.43. The van der Waals surface area contributed by atoms with Crippen LogP contribution in [-0.4, -0.2) is 15.2 Å². The molecule has 0 saturated heterocycles. The van der Waals surface area contributed by atoms with Crippen molar-refractivity contribution >= 4 is 10.9 Å². The first-order valence-corrected chi connectivity index (χ1v) is 2.97. The average Bonchev–Trinajstić information content (AvgIpc) is 2.36. The van der Waals surface area contributed by atoms with E-state index in [1.165, 1.54) is 0 Å². The van der Waals surface area contributed by atoms with Crippen LogP contribution < -0.4 is 51.4 Å². The van der Waals surface area contributed by atoms with Gasteiger partial charge in [0.1, 0.15) is 0 Å². The van der Waals surface area contributed by atoms with Crippen molar-refractivity contribution in [2.24, 2.45) is 0 Å². The molecular formula is C7H6KN3. The van der Waals surface area contributed by atoms with Crippen molar-refractivity contribution in [1.82, 2.24) is 15.2 Å². The number of H-pyrrole nitrogens is 1. The molecule has 0 radical (unpaired) electrons. The fourth-order valence-electron chi connectivity index (χ4n) is 0.923. The van der Waals surface area contributed by atoms with Gasteiger partial charge < -0.3 is 10.1 Å². The summed E-state index contributed by atoms with van der Waals surface area (Å²) in [5, 5.41) is 7.70. The molecule has 0 aromatic carbocycles. The summed E-state index contributed by atoms with van der Waals surface area (Å²) in [5.41, 5.74) is 1.85. The zero-order valence-electron chi connectivity index (χ0n) is 6.33. The van der Waals surface area contributed by atoms with Gasteiger partial charge in [-0.2, -0.15) is 17.6 Å². The van der Waals surface area contributed by atoms with Crippen LogP contribution >= 0.6 is 0 Å². The second-order valence-corrected chi connectivity index (χ2v) is 2.13. The van der Waals surface area contributed by atoms with E-state index in [1.807, 2.05) is 0 Å². The van der Waals surface area contributed by atoms with Crippen LogP contribution in [0, 0.1) is 6.92 Å². The third-order valence-electron chi connectivity index (χ3n) is 1.43. The predicted molar refractivity (Wildman–Crippen MR) is 38.3 cm³/mol. The van der Waals surface area contributed by atoms with Crippen molar-refractivity contribution in [2.75, 3.05) is 0 Å². The van der Waals surface area contributed by atoms with Crippen LogP contribution in [-0.2, 0) is 0 Å². The van der Waals surface area contributed by atoms with Crippen molar-refractivity contribution in [1.29, 1.82) is 0 Å². The molecule has 50 valence electrons. The second-order valence-electron chi connectivity index (χ2n) is 2.13. The fraction of sp³-hybridized carbons (Fsp3) is 0. The number of nitrogens with zero attached hydrogens (tertiary/aromatic N) is 2. The SMILES string of the molecule is [CH2-]c1cncc2cn[nH]c12.[K+]. The van der Waals surface area contributed by atoms with Crippen LogP contribution in [0.25, 0.3) is 10.9 Å². The summed E-state index contributed by atoms with van der Waals surface area (Å²) in [6.45, 7) is 3.79. The Hall–Kier alpha value is 0.126. The first kappa shape index (κ1) is 9.22. The molecular weight excluding hydrogens is 165 g/mol. The maximum atomic E-state index is 3.96. The van der Waals surface area contributed by atoms with Gasteiger partial charge in [-0.1, -0.05) is 6.20 Å². The monoisotopic (exact) mass is 171 g/mol. The zero-order valence-corrected chi connectivity index (χ0v) is 9.46. The topological polar surface area (TPSA) is 41.6 Å². The van der Waals surface area contributed by atoms with Gasteiger partial charge in [0.2, 0.25) is 0 Å². The third kappa shape index (κ3) is 1.65. The first-order valence-electron chi connectivity index (χ1n) is 2.97. The molecule has 3 nitrogen and oxygen atoms in total. The van der Waals surface area contributed by atoms with Crippen LogP contribution in [0.5, 0.6) is 0 Å². The number of aromatic amines is 1. The van der Waals surface area contributed by atoms with E-state index in [-0.39, 0.29) is 51.4 Å². The van der Waals surface area contributed by atoms with Crippen LogP contribution in [0.4, 0.5) is 0 Å². The Labute approximate surface area is 107 Å². The van der Waals surface area contributed by atoms with Crippen molar-refractivity contribution in [3.05, 3.63) is 31.1 Å². The standard InChI is InChI=1S/C7H6N3.K/c1-5-2-8-3-6-4-9-10-7(5)6;/h2-4H,1H2,(H,9,10);/q-1;+1. The molecule has 2 aromatic rings. The summed E-state index contributed by atoms with van der Waals surface area (Å²) in [5.74, 6) is 0. The van der Waals surface area contributed by atoms with E-state index < -0.39 is 0 Å².